The Morgan fingerprint density at radius 1 is 0.861 bits per heavy atom. The molecule has 0 saturated carbocycles. The smallest absolute Gasteiger partial charge is 0.291 e. The maximum Gasteiger partial charge on any atom is 0.291 e. The summed E-state index contributed by atoms with van der Waals surface area (Å²) in [5, 5.41) is 2.79. The van der Waals surface area contributed by atoms with E-state index in [0.717, 1.165) is 12.0 Å². The first kappa shape index (κ1) is 27.0. The zero-order chi connectivity index (χ0) is 26.7. The minimum absolute atomic E-state index is 0.0288. The molecule has 7 nitrogen and oxygen atoms in total. The first-order chi connectivity index (χ1) is 16.9. The van der Waals surface area contributed by atoms with Gasteiger partial charge in [0.1, 0.15) is 28.7 Å². The molecule has 3 aromatic rings. The van der Waals surface area contributed by atoms with Crippen LogP contribution in [0.3, 0.4) is 0 Å². The Morgan fingerprint density at radius 3 is 2.03 bits per heavy atom. The van der Waals surface area contributed by atoms with E-state index in [-0.39, 0.29) is 22.5 Å². The summed E-state index contributed by atoms with van der Waals surface area (Å²) < 4.78 is 27.7. The molecule has 194 valence electrons. The molecule has 1 aromatic heterocycles. The second kappa shape index (κ2) is 10.6. The van der Waals surface area contributed by atoms with Gasteiger partial charge in [0.2, 0.25) is 0 Å². The van der Waals surface area contributed by atoms with Gasteiger partial charge in [0, 0.05) is 18.2 Å². The number of ether oxygens (including phenoxy) is 4. The number of hydrogen-bond donors (Lipinski definition) is 1. The van der Waals surface area contributed by atoms with E-state index in [1.165, 1.54) is 19.8 Å². The third-order valence-corrected chi connectivity index (χ3v) is 5.90. The highest BCUT2D eigenvalue weighted by molar-refractivity contribution is 6.04. The molecule has 0 saturated heterocycles. The van der Waals surface area contributed by atoms with E-state index >= 15 is 0 Å². The van der Waals surface area contributed by atoms with Crippen molar-refractivity contribution in [1.82, 2.24) is 0 Å². The van der Waals surface area contributed by atoms with Crippen LogP contribution in [0.5, 0.6) is 28.9 Å². The fourth-order valence-corrected chi connectivity index (χ4v) is 4.52. The topological polar surface area (TPSA) is 79.2 Å². The summed E-state index contributed by atoms with van der Waals surface area (Å²) in [5.41, 5.74) is 2.86. The predicted molar refractivity (Wildman–Crippen MR) is 141 cm³/mol. The van der Waals surface area contributed by atoms with Crippen LogP contribution in [0.4, 0.5) is 5.69 Å². The Labute approximate surface area is 213 Å². The largest absolute Gasteiger partial charge is 0.496 e. The Bertz CT molecular complexity index is 1190. The summed E-state index contributed by atoms with van der Waals surface area (Å²) in [6.07, 6.45) is 1.06. The van der Waals surface area contributed by atoms with Gasteiger partial charge in [0.15, 0.2) is 5.76 Å². The van der Waals surface area contributed by atoms with Crippen molar-refractivity contribution in [3.63, 3.8) is 0 Å². The van der Waals surface area contributed by atoms with Crippen molar-refractivity contribution in [2.45, 2.75) is 53.4 Å². The lowest BCUT2D eigenvalue weighted by Crippen LogP contribution is -2.24. The lowest BCUT2D eigenvalue weighted by molar-refractivity contribution is 0.0991. The number of carbonyl (C=O) groups is 1. The average Bonchev–Trinajstić information content (AvgIpc) is 3.27. The molecule has 0 radical (unpaired) electrons. The number of rotatable bonds is 9. The van der Waals surface area contributed by atoms with Gasteiger partial charge in [-0.15, -0.1) is 0 Å². The van der Waals surface area contributed by atoms with Gasteiger partial charge in [-0.05, 0) is 47.4 Å². The summed E-state index contributed by atoms with van der Waals surface area (Å²) in [5.74, 6) is 1.84. The molecule has 1 amide bonds. The summed E-state index contributed by atoms with van der Waals surface area (Å²) in [7, 11) is 4.54. The molecule has 1 N–H and O–H groups in total. The van der Waals surface area contributed by atoms with Gasteiger partial charge in [-0.25, -0.2) is 0 Å². The molecule has 1 heterocycles. The summed E-state index contributed by atoms with van der Waals surface area (Å²) in [6, 6.07) is 12.7. The second-order valence-corrected chi connectivity index (χ2v) is 10.7. The van der Waals surface area contributed by atoms with Crippen molar-refractivity contribution in [1.29, 1.82) is 0 Å². The predicted octanol–water partition coefficient (Wildman–Crippen LogP) is 7.37. The third-order valence-electron chi connectivity index (χ3n) is 5.90. The molecule has 0 aliphatic heterocycles. The normalized spacial score (nSPS) is 11.7. The lowest BCUT2D eigenvalue weighted by Gasteiger charge is -2.33. The fraction of sp³-hybridized carbons (Fsp3) is 0.414. The number of nitrogens with one attached hydrogen (secondary N) is 1. The van der Waals surface area contributed by atoms with Crippen molar-refractivity contribution < 1.29 is 28.2 Å². The molecule has 3 rings (SSSR count). The van der Waals surface area contributed by atoms with Crippen LogP contribution in [0, 0.1) is 12.3 Å². The first-order valence-electron chi connectivity index (χ1n) is 11.9. The maximum absolute atomic E-state index is 12.9. The number of aryl methyl sites for hydroxylation is 1. The monoisotopic (exact) mass is 495 g/mol. The molecule has 0 atom stereocenters. The number of amides is 1. The highest BCUT2D eigenvalue weighted by atomic mass is 16.6. The SMILES string of the molecule is COc1cc(OC)c(NC(=O)c2ccc(Oc3ccc(C(C)(C)CC(C)(C)C)cc3C)o2)c(OC)c1. The van der Waals surface area contributed by atoms with Gasteiger partial charge in [-0.3, -0.25) is 4.79 Å². The van der Waals surface area contributed by atoms with Crippen LogP contribution in [-0.4, -0.2) is 27.2 Å². The summed E-state index contributed by atoms with van der Waals surface area (Å²) in [6.45, 7) is 13.3. The van der Waals surface area contributed by atoms with Crippen LogP contribution in [-0.2, 0) is 5.41 Å². The van der Waals surface area contributed by atoms with Crippen LogP contribution < -0.4 is 24.3 Å². The van der Waals surface area contributed by atoms with Crippen LogP contribution in [0.25, 0.3) is 0 Å². The van der Waals surface area contributed by atoms with Crippen LogP contribution in [0.1, 0.15) is 62.7 Å². The van der Waals surface area contributed by atoms with Gasteiger partial charge in [-0.2, -0.15) is 0 Å². The Hall–Kier alpha value is -3.61. The van der Waals surface area contributed by atoms with Gasteiger partial charge in [0.05, 0.1) is 21.3 Å². The molecule has 36 heavy (non-hydrogen) atoms. The van der Waals surface area contributed by atoms with Gasteiger partial charge < -0.3 is 28.7 Å². The number of anilines is 1. The van der Waals surface area contributed by atoms with E-state index in [1.807, 2.05) is 13.0 Å². The van der Waals surface area contributed by atoms with Crippen LogP contribution >= 0.6 is 0 Å². The highest BCUT2D eigenvalue weighted by Gasteiger charge is 2.28. The molecule has 0 unspecified atom stereocenters. The number of furan rings is 1. The zero-order valence-electron chi connectivity index (χ0n) is 22.7. The molecule has 0 fully saturated rings. The van der Waals surface area contributed by atoms with Gasteiger partial charge in [-0.1, -0.05) is 46.8 Å². The highest BCUT2D eigenvalue weighted by Crippen LogP contribution is 2.40. The standard InChI is InChI=1S/C29H37NO6/c1-18-14-19(29(5,6)17-28(2,3)4)10-11-21(18)35-25-13-12-22(36-25)27(31)30-26-23(33-8)15-20(32-7)16-24(26)34-9/h10-16H,17H2,1-9H3,(H,30,31). The first-order valence-corrected chi connectivity index (χ1v) is 11.9. The molecular formula is C29H37NO6. The molecule has 0 aliphatic rings. The van der Waals surface area contributed by atoms with E-state index in [0.29, 0.717) is 28.7 Å². The van der Waals surface area contributed by atoms with Crippen molar-refractivity contribution in [2.24, 2.45) is 5.41 Å². The second-order valence-electron chi connectivity index (χ2n) is 10.7. The molecular weight excluding hydrogens is 458 g/mol. The Balaban J connectivity index is 1.77. The van der Waals surface area contributed by atoms with Crippen molar-refractivity contribution in [3.8, 4) is 28.9 Å². The van der Waals surface area contributed by atoms with E-state index in [1.54, 1.807) is 31.4 Å². The zero-order valence-corrected chi connectivity index (χ0v) is 22.7. The molecule has 2 aromatic carbocycles. The fourth-order valence-electron chi connectivity index (χ4n) is 4.52. The number of hydrogen-bond acceptors (Lipinski definition) is 6. The molecule has 7 heteroatoms. The molecule has 0 aliphatic carbocycles. The van der Waals surface area contributed by atoms with E-state index in [9.17, 15) is 4.79 Å². The van der Waals surface area contributed by atoms with Crippen molar-refractivity contribution in [3.05, 3.63) is 59.4 Å². The van der Waals surface area contributed by atoms with Crippen LogP contribution in [0.15, 0.2) is 46.9 Å². The number of benzene rings is 2. The molecule has 0 bridgehead atoms. The van der Waals surface area contributed by atoms with E-state index in [2.05, 4.69) is 52.1 Å². The van der Waals surface area contributed by atoms with Gasteiger partial charge >= 0.3 is 0 Å². The maximum atomic E-state index is 12.9. The van der Waals surface area contributed by atoms with Crippen molar-refractivity contribution >= 4 is 11.6 Å². The third kappa shape index (κ3) is 6.33. The summed E-state index contributed by atoms with van der Waals surface area (Å²) in [4.78, 5) is 12.9. The van der Waals surface area contributed by atoms with E-state index < -0.39 is 5.91 Å². The quantitative estimate of drug-likeness (QED) is 0.334. The average molecular weight is 496 g/mol. The number of carbonyl (C=O) groups excluding carboxylic acids is 1. The van der Waals surface area contributed by atoms with Crippen LogP contribution in [0.2, 0.25) is 0 Å². The minimum Gasteiger partial charge on any atom is -0.496 e. The van der Waals surface area contributed by atoms with Gasteiger partial charge in [0.25, 0.3) is 11.9 Å². The lowest BCUT2D eigenvalue weighted by atomic mass is 9.72. The van der Waals surface area contributed by atoms with Crippen molar-refractivity contribution in [2.75, 3.05) is 26.6 Å². The minimum atomic E-state index is -0.470. The summed E-state index contributed by atoms with van der Waals surface area (Å²) >= 11 is 0. The Morgan fingerprint density at radius 2 is 1.50 bits per heavy atom. The molecule has 0 spiro atoms. The van der Waals surface area contributed by atoms with E-state index in [4.69, 9.17) is 23.4 Å². The Kier molecular flexibility index (Phi) is 7.92. The number of methoxy groups -OCH3 is 3.